The van der Waals surface area contributed by atoms with Gasteiger partial charge in [0.05, 0.1) is 17.3 Å². The number of amides is 1. The van der Waals surface area contributed by atoms with Crippen molar-refractivity contribution in [3.63, 3.8) is 0 Å². The van der Waals surface area contributed by atoms with Crippen molar-refractivity contribution in [2.24, 2.45) is 5.92 Å². The molecule has 38 heavy (non-hydrogen) atoms. The van der Waals surface area contributed by atoms with Gasteiger partial charge in [-0.3, -0.25) is 9.35 Å². The summed E-state index contributed by atoms with van der Waals surface area (Å²) in [5, 5.41) is 3.24. The molecule has 4 aliphatic rings. The van der Waals surface area contributed by atoms with Gasteiger partial charge in [0.25, 0.3) is 16.0 Å². The summed E-state index contributed by atoms with van der Waals surface area (Å²) in [6.45, 7) is 4.22. The molecular weight excluding hydrogens is 547 g/mol. The summed E-state index contributed by atoms with van der Waals surface area (Å²) in [7, 11) is -2.88. The van der Waals surface area contributed by atoms with E-state index in [1.165, 1.54) is 5.56 Å². The third-order valence-corrected chi connectivity index (χ3v) is 8.49. The van der Waals surface area contributed by atoms with Gasteiger partial charge < -0.3 is 20.0 Å². The number of piperidine rings is 1. The molecule has 11 heteroatoms. The summed E-state index contributed by atoms with van der Waals surface area (Å²) in [6.07, 6.45) is 11.1. The zero-order valence-corrected chi connectivity index (χ0v) is 23.9. The van der Waals surface area contributed by atoms with Gasteiger partial charge in [-0.25, -0.2) is 0 Å². The highest BCUT2D eigenvalue weighted by molar-refractivity contribution is 7.90. The molecule has 2 saturated heterocycles. The van der Waals surface area contributed by atoms with E-state index < -0.39 is 10.1 Å². The topological polar surface area (TPSA) is 93.2 Å². The molecule has 8 nitrogen and oxygen atoms in total. The Morgan fingerprint density at radius 1 is 1.16 bits per heavy atom. The number of likely N-dealkylation sites (N-methyl/N-ethyl adjacent to an activating group) is 1. The average molecular weight is 584 g/mol. The summed E-state index contributed by atoms with van der Waals surface area (Å²) in [4.78, 5) is 19.1. The number of aryl methyl sites for hydroxylation is 1. The fourth-order valence-electron chi connectivity index (χ4n) is 5.71. The van der Waals surface area contributed by atoms with E-state index in [-0.39, 0.29) is 47.2 Å². The fourth-order valence-corrected chi connectivity index (χ4v) is 6.57. The van der Waals surface area contributed by atoms with Gasteiger partial charge in [-0.1, -0.05) is 36.4 Å². The highest BCUT2D eigenvalue weighted by Crippen LogP contribution is 2.38. The van der Waals surface area contributed by atoms with Crippen LogP contribution in [0.15, 0.2) is 76.6 Å². The van der Waals surface area contributed by atoms with Gasteiger partial charge in [0.1, 0.15) is 10.7 Å². The van der Waals surface area contributed by atoms with E-state index in [0.717, 1.165) is 51.1 Å². The molecule has 4 aliphatic heterocycles. The highest BCUT2D eigenvalue weighted by Gasteiger charge is 2.42. The Morgan fingerprint density at radius 2 is 1.87 bits per heavy atom. The smallest absolute Gasteiger partial charge is 0.297 e. The number of nitrogens with one attached hydrogen (secondary N) is 1. The number of carbonyl (C=O) groups excluding carboxylic acids is 1. The second kappa shape index (κ2) is 12.7. The van der Waals surface area contributed by atoms with Crippen LogP contribution in [0.4, 0.5) is 0 Å². The number of hydrogen-bond acceptors (Lipinski definition) is 6. The van der Waals surface area contributed by atoms with E-state index in [0.29, 0.717) is 24.7 Å². The van der Waals surface area contributed by atoms with Crippen LogP contribution >= 0.6 is 24.8 Å². The molecule has 0 radical (unpaired) electrons. The van der Waals surface area contributed by atoms with Crippen LogP contribution in [0.25, 0.3) is 0 Å². The van der Waals surface area contributed by atoms with Crippen molar-refractivity contribution in [2.45, 2.75) is 31.7 Å². The van der Waals surface area contributed by atoms with Crippen molar-refractivity contribution < 1.29 is 17.8 Å². The van der Waals surface area contributed by atoms with E-state index in [4.69, 9.17) is 0 Å². The number of nitrogens with zero attached hydrogens (tertiary/aromatic N) is 3. The van der Waals surface area contributed by atoms with Crippen molar-refractivity contribution in [1.29, 1.82) is 0 Å². The minimum absolute atomic E-state index is 0. The maximum absolute atomic E-state index is 13.5. The van der Waals surface area contributed by atoms with Gasteiger partial charge in [0, 0.05) is 20.1 Å². The minimum Gasteiger partial charge on any atom is -0.369 e. The normalized spacial score (nSPS) is 21.0. The first-order chi connectivity index (χ1) is 17.3. The molecule has 2 fully saturated rings. The monoisotopic (exact) mass is 582 g/mol. The maximum Gasteiger partial charge on any atom is 0.297 e. The van der Waals surface area contributed by atoms with E-state index in [1.807, 2.05) is 17.0 Å². The lowest BCUT2D eigenvalue weighted by molar-refractivity contribution is -0.126. The zero-order valence-electron chi connectivity index (χ0n) is 21.5. The molecule has 208 valence electrons. The molecule has 1 amide bonds. The first-order valence-electron chi connectivity index (χ1n) is 12.7. The quantitative estimate of drug-likeness (QED) is 0.454. The standard InChI is InChI=1S/C27H34N4O4S.2ClH/c1-29(19-21-12-15-30(16-13-21)14-6-9-20-7-3-2-4-8-20)27(32)23-17-22-18-28-25-11-5-10-24(31(22)25)26(23)36(33,34)35;;/h2-5,7-8,10-11,17,21-22,28H,6,9,12-16,18-19H2,1H3,(H,33,34,35);2*1H. The SMILES string of the molecule is CN(CC1CCN(CCCc2ccccc2)CC1)C(=O)C1=CC2CNC3=CC=CC(=C1S(=O)(=O)O)N32.Cl.Cl. The number of likely N-dealkylation sites (tertiary alicyclic amines) is 1. The molecule has 1 aromatic carbocycles. The fraction of sp³-hybridized carbons (Fsp3) is 0.444. The largest absolute Gasteiger partial charge is 0.369 e. The molecule has 5 rings (SSSR count). The van der Waals surface area contributed by atoms with Crippen LogP contribution in [0.3, 0.4) is 0 Å². The van der Waals surface area contributed by atoms with Crippen molar-refractivity contribution >= 4 is 40.8 Å². The zero-order chi connectivity index (χ0) is 25.3. The first-order valence-corrected chi connectivity index (χ1v) is 14.1. The summed E-state index contributed by atoms with van der Waals surface area (Å²) >= 11 is 0. The average Bonchev–Trinajstić information content (AvgIpc) is 3.29. The van der Waals surface area contributed by atoms with Crippen LogP contribution in [-0.2, 0) is 21.3 Å². The molecule has 4 heterocycles. The van der Waals surface area contributed by atoms with E-state index in [1.54, 1.807) is 30.2 Å². The Bertz CT molecular complexity index is 1240. The van der Waals surface area contributed by atoms with Crippen LogP contribution in [-0.4, -0.2) is 79.4 Å². The molecule has 1 aromatic rings. The molecule has 0 spiro atoms. The second-order valence-corrected chi connectivity index (χ2v) is 11.4. The van der Waals surface area contributed by atoms with Crippen LogP contribution < -0.4 is 5.32 Å². The third-order valence-electron chi connectivity index (χ3n) is 7.54. The number of hydrogen-bond donors (Lipinski definition) is 2. The molecule has 2 N–H and O–H groups in total. The minimum atomic E-state index is -4.60. The van der Waals surface area contributed by atoms with Gasteiger partial charge in [0.15, 0.2) is 0 Å². The second-order valence-electron chi connectivity index (χ2n) is 10.1. The predicted molar refractivity (Wildman–Crippen MR) is 154 cm³/mol. The van der Waals surface area contributed by atoms with Crippen LogP contribution in [0.2, 0.25) is 0 Å². The van der Waals surface area contributed by atoms with Crippen molar-refractivity contribution in [3.05, 3.63) is 82.2 Å². The molecule has 0 aromatic heterocycles. The number of carbonyl (C=O) groups is 1. The van der Waals surface area contributed by atoms with Gasteiger partial charge in [-0.05, 0) is 75.0 Å². The molecule has 0 saturated carbocycles. The lowest BCUT2D eigenvalue weighted by Crippen LogP contribution is -2.42. The third kappa shape index (κ3) is 6.46. The molecule has 0 bridgehead atoms. The Kier molecular flexibility index (Phi) is 10.1. The number of allylic oxidation sites excluding steroid dienone is 3. The molecular formula is C27H36Cl2N4O4S. The Balaban J connectivity index is 0.00000200. The van der Waals surface area contributed by atoms with Crippen molar-refractivity contribution in [1.82, 2.24) is 20.0 Å². The van der Waals surface area contributed by atoms with Crippen LogP contribution in [0.1, 0.15) is 24.8 Å². The highest BCUT2D eigenvalue weighted by atomic mass is 35.5. The van der Waals surface area contributed by atoms with E-state index in [2.05, 4.69) is 34.5 Å². The van der Waals surface area contributed by atoms with Crippen LogP contribution in [0, 0.1) is 5.92 Å². The number of rotatable bonds is 8. The first kappa shape index (κ1) is 30.2. The van der Waals surface area contributed by atoms with Crippen molar-refractivity contribution in [2.75, 3.05) is 39.8 Å². The number of halogens is 2. The number of benzene rings is 1. The summed E-state index contributed by atoms with van der Waals surface area (Å²) in [5.41, 5.74) is 1.77. The van der Waals surface area contributed by atoms with Gasteiger partial charge >= 0.3 is 0 Å². The Morgan fingerprint density at radius 3 is 2.55 bits per heavy atom. The molecule has 1 unspecified atom stereocenters. The van der Waals surface area contributed by atoms with Gasteiger partial charge in [-0.15, -0.1) is 24.8 Å². The van der Waals surface area contributed by atoms with Crippen molar-refractivity contribution in [3.8, 4) is 0 Å². The van der Waals surface area contributed by atoms with E-state index >= 15 is 0 Å². The lowest BCUT2D eigenvalue weighted by Gasteiger charge is -2.36. The Hall–Kier alpha value is -2.30. The molecule has 0 aliphatic carbocycles. The maximum atomic E-state index is 13.5. The summed E-state index contributed by atoms with van der Waals surface area (Å²) in [5.74, 6) is 0.769. The Labute approximate surface area is 237 Å². The summed E-state index contributed by atoms with van der Waals surface area (Å²) in [6, 6.07) is 10.4. The molecule has 1 atom stereocenters. The van der Waals surface area contributed by atoms with Crippen LogP contribution in [0.5, 0.6) is 0 Å². The van der Waals surface area contributed by atoms with Gasteiger partial charge in [0.2, 0.25) is 0 Å². The van der Waals surface area contributed by atoms with Gasteiger partial charge in [-0.2, -0.15) is 8.42 Å². The lowest BCUT2D eigenvalue weighted by atomic mass is 9.95. The summed E-state index contributed by atoms with van der Waals surface area (Å²) < 4.78 is 34.9. The van der Waals surface area contributed by atoms with E-state index in [9.17, 15) is 17.8 Å². The predicted octanol–water partition coefficient (Wildman–Crippen LogP) is 3.36.